The van der Waals surface area contributed by atoms with Gasteiger partial charge in [0, 0.05) is 6.54 Å². The van der Waals surface area contributed by atoms with Crippen molar-refractivity contribution >= 4 is 5.91 Å². The lowest BCUT2D eigenvalue weighted by molar-refractivity contribution is -0.173. The maximum Gasteiger partial charge on any atom is 0.411 e. The Morgan fingerprint density at radius 2 is 2.00 bits per heavy atom. The molecule has 0 bridgehead atoms. The maximum absolute atomic E-state index is 12.8. The molecule has 18 heavy (non-hydrogen) atoms. The van der Waals surface area contributed by atoms with Gasteiger partial charge in [-0.3, -0.25) is 4.79 Å². The predicted molar refractivity (Wildman–Crippen MR) is 61.0 cm³/mol. The fraction of sp³-hybridized carbons (Fsp3) is 0.917. The first-order chi connectivity index (χ1) is 8.35. The molecule has 2 rings (SSSR count). The molecule has 3 nitrogen and oxygen atoms in total. The Morgan fingerprint density at radius 3 is 2.39 bits per heavy atom. The highest BCUT2D eigenvalue weighted by atomic mass is 19.4. The van der Waals surface area contributed by atoms with Crippen LogP contribution in [0.2, 0.25) is 0 Å². The van der Waals surface area contributed by atoms with E-state index in [9.17, 15) is 18.0 Å². The largest absolute Gasteiger partial charge is 0.411 e. The number of halogens is 3. The van der Waals surface area contributed by atoms with Gasteiger partial charge in [0.2, 0.25) is 5.91 Å². The SMILES string of the molecule is CCCC1(C(=O)NC2(C(F)(F)F)CC2)CCNC1. The highest BCUT2D eigenvalue weighted by Gasteiger charge is 2.65. The van der Waals surface area contributed by atoms with Crippen LogP contribution >= 0.6 is 0 Å². The number of hydrogen-bond donors (Lipinski definition) is 2. The van der Waals surface area contributed by atoms with E-state index in [0.717, 1.165) is 6.42 Å². The first kappa shape index (κ1) is 13.6. The molecule has 0 spiro atoms. The number of carbonyl (C=O) groups is 1. The lowest BCUT2D eigenvalue weighted by atomic mass is 9.81. The van der Waals surface area contributed by atoms with E-state index in [1.54, 1.807) is 0 Å². The Balaban J connectivity index is 2.07. The van der Waals surface area contributed by atoms with E-state index in [0.29, 0.717) is 25.9 Å². The molecule has 0 aromatic rings. The molecule has 6 heteroatoms. The van der Waals surface area contributed by atoms with Gasteiger partial charge in [0.1, 0.15) is 5.54 Å². The summed E-state index contributed by atoms with van der Waals surface area (Å²) >= 11 is 0. The second kappa shape index (κ2) is 4.40. The van der Waals surface area contributed by atoms with E-state index < -0.39 is 23.0 Å². The number of hydrogen-bond acceptors (Lipinski definition) is 2. The summed E-state index contributed by atoms with van der Waals surface area (Å²) in [5.41, 5.74) is -2.58. The monoisotopic (exact) mass is 264 g/mol. The first-order valence-corrected chi connectivity index (χ1v) is 6.45. The number of alkyl halides is 3. The van der Waals surface area contributed by atoms with E-state index >= 15 is 0 Å². The summed E-state index contributed by atoms with van der Waals surface area (Å²) in [5.74, 6) is -0.427. The standard InChI is InChI=1S/C12H19F3N2O/c1-2-3-10(6-7-16-8-10)9(18)17-11(4-5-11)12(13,14)15/h16H,2-8H2,1H3,(H,17,18). The zero-order valence-electron chi connectivity index (χ0n) is 10.5. The van der Waals surface area contributed by atoms with Crippen molar-refractivity contribution in [2.24, 2.45) is 5.41 Å². The molecule has 1 unspecified atom stereocenters. The van der Waals surface area contributed by atoms with Gasteiger partial charge in [0.15, 0.2) is 0 Å². The molecular weight excluding hydrogens is 245 g/mol. The third kappa shape index (κ3) is 2.22. The number of amides is 1. The van der Waals surface area contributed by atoms with Crippen molar-refractivity contribution in [3.05, 3.63) is 0 Å². The van der Waals surface area contributed by atoms with Gasteiger partial charge >= 0.3 is 6.18 Å². The third-order valence-electron chi connectivity index (χ3n) is 4.10. The van der Waals surface area contributed by atoms with Crippen molar-refractivity contribution in [3.8, 4) is 0 Å². The second-order valence-electron chi connectivity index (χ2n) is 5.49. The van der Waals surface area contributed by atoms with Crippen molar-refractivity contribution in [2.75, 3.05) is 13.1 Å². The lowest BCUT2D eigenvalue weighted by Crippen LogP contribution is -2.53. The molecule has 0 radical (unpaired) electrons. The summed E-state index contributed by atoms with van der Waals surface area (Å²) in [6.45, 7) is 3.14. The van der Waals surface area contributed by atoms with Crippen LogP contribution in [0.25, 0.3) is 0 Å². The maximum atomic E-state index is 12.8. The molecule has 2 fully saturated rings. The topological polar surface area (TPSA) is 41.1 Å². The molecule has 1 atom stereocenters. The van der Waals surface area contributed by atoms with Gasteiger partial charge in [-0.25, -0.2) is 0 Å². The minimum atomic E-state index is -4.33. The van der Waals surface area contributed by atoms with Crippen LogP contribution < -0.4 is 10.6 Å². The van der Waals surface area contributed by atoms with E-state index in [-0.39, 0.29) is 12.8 Å². The number of carbonyl (C=O) groups excluding carboxylic acids is 1. The number of nitrogens with one attached hydrogen (secondary N) is 2. The average Bonchev–Trinajstić information content (AvgIpc) is 2.90. The van der Waals surface area contributed by atoms with E-state index in [1.807, 2.05) is 6.92 Å². The lowest BCUT2D eigenvalue weighted by Gasteiger charge is -2.30. The highest BCUT2D eigenvalue weighted by Crippen LogP contribution is 2.49. The summed E-state index contributed by atoms with van der Waals surface area (Å²) in [7, 11) is 0. The van der Waals surface area contributed by atoms with Gasteiger partial charge in [-0.05, 0) is 32.2 Å². The van der Waals surface area contributed by atoms with Crippen molar-refractivity contribution in [2.45, 2.75) is 50.7 Å². The van der Waals surface area contributed by atoms with Crippen molar-refractivity contribution in [1.82, 2.24) is 10.6 Å². The number of rotatable bonds is 4. The quantitative estimate of drug-likeness (QED) is 0.815. The summed E-state index contributed by atoms with van der Waals surface area (Å²) < 4.78 is 38.5. The third-order valence-corrected chi connectivity index (χ3v) is 4.10. The summed E-state index contributed by atoms with van der Waals surface area (Å²) in [5, 5.41) is 5.35. The van der Waals surface area contributed by atoms with Gasteiger partial charge in [-0.1, -0.05) is 13.3 Å². The van der Waals surface area contributed by atoms with Crippen molar-refractivity contribution in [1.29, 1.82) is 0 Å². The summed E-state index contributed by atoms with van der Waals surface area (Å²) in [6.07, 6.45) is -2.24. The van der Waals surface area contributed by atoms with Crippen LogP contribution in [0.15, 0.2) is 0 Å². The molecule has 0 aromatic heterocycles. The fourth-order valence-corrected chi connectivity index (χ4v) is 2.70. The minimum absolute atomic E-state index is 0.0118. The van der Waals surface area contributed by atoms with Gasteiger partial charge in [0.05, 0.1) is 5.41 Å². The van der Waals surface area contributed by atoms with E-state index in [1.165, 1.54) is 0 Å². The summed E-state index contributed by atoms with van der Waals surface area (Å²) in [4.78, 5) is 12.2. The van der Waals surface area contributed by atoms with Crippen LogP contribution in [-0.2, 0) is 4.79 Å². The molecule has 0 aromatic carbocycles. The van der Waals surface area contributed by atoms with Gasteiger partial charge in [-0.2, -0.15) is 13.2 Å². The van der Waals surface area contributed by atoms with Crippen LogP contribution in [0.4, 0.5) is 13.2 Å². The van der Waals surface area contributed by atoms with Crippen LogP contribution in [0.3, 0.4) is 0 Å². The predicted octanol–water partition coefficient (Wildman–Crippen LogP) is 1.98. The molecule has 1 aliphatic heterocycles. The first-order valence-electron chi connectivity index (χ1n) is 6.45. The molecule has 1 amide bonds. The van der Waals surface area contributed by atoms with Crippen molar-refractivity contribution < 1.29 is 18.0 Å². The molecule has 1 aliphatic carbocycles. The Hall–Kier alpha value is -0.780. The van der Waals surface area contributed by atoms with E-state index in [4.69, 9.17) is 0 Å². The van der Waals surface area contributed by atoms with E-state index in [2.05, 4.69) is 10.6 Å². The second-order valence-corrected chi connectivity index (χ2v) is 5.49. The van der Waals surface area contributed by atoms with Crippen LogP contribution in [-0.4, -0.2) is 30.7 Å². The molecule has 1 heterocycles. The fourth-order valence-electron chi connectivity index (χ4n) is 2.70. The van der Waals surface area contributed by atoms with Crippen LogP contribution in [0.5, 0.6) is 0 Å². The highest BCUT2D eigenvalue weighted by molar-refractivity contribution is 5.84. The van der Waals surface area contributed by atoms with Crippen LogP contribution in [0.1, 0.15) is 39.0 Å². The van der Waals surface area contributed by atoms with Gasteiger partial charge in [0.25, 0.3) is 0 Å². The smallest absolute Gasteiger partial charge is 0.341 e. The van der Waals surface area contributed by atoms with Crippen molar-refractivity contribution in [3.63, 3.8) is 0 Å². The van der Waals surface area contributed by atoms with Crippen LogP contribution in [0, 0.1) is 5.41 Å². The van der Waals surface area contributed by atoms with Gasteiger partial charge in [-0.15, -0.1) is 0 Å². The molecule has 1 saturated carbocycles. The molecular formula is C12H19F3N2O. The summed E-state index contributed by atoms with van der Waals surface area (Å²) in [6, 6.07) is 0. The normalized spacial score (nSPS) is 30.2. The van der Waals surface area contributed by atoms with Gasteiger partial charge < -0.3 is 10.6 Å². The minimum Gasteiger partial charge on any atom is -0.341 e. The Kier molecular flexibility index (Phi) is 3.34. The zero-order chi connectivity index (χ0) is 13.4. The zero-order valence-corrected chi connectivity index (χ0v) is 10.5. The molecule has 2 aliphatic rings. The Bertz CT molecular complexity index is 331. The Morgan fingerprint density at radius 1 is 1.33 bits per heavy atom. The molecule has 2 N–H and O–H groups in total. The Labute approximate surface area is 104 Å². The molecule has 104 valence electrons. The molecule has 1 saturated heterocycles. The average molecular weight is 264 g/mol.